The van der Waals surface area contributed by atoms with Gasteiger partial charge >= 0.3 is 0 Å². The minimum atomic E-state index is -0.425. The van der Waals surface area contributed by atoms with Gasteiger partial charge in [0.1, 0.15) is 11.5 Å². The van der Waals surface area contributed by atoms with Gasteiger partial charge in [-0.3, -0.25) is 14.6 Å². The Kier molecular flexibility index (Phi) is 6.89. The Bertz CT molecular complexity index is 1440. The molecule has 3 heterocycles. The van der Waals surface area contributed by atoms with Crippen LogP contribution in [0.1, 0.15) is 22.8 Å². The predicted molar refractivity (Wildman–Crippen MR) is 141 cm³/mol. The molecule has 1 aliphatic heterocycles. The van der Waals surface area contributed by atoms with Crippen molar-refractivity contribution in [1.82, 2.24) is 19.7 Å². The zero-order valence-corrected chi connectivity index (χ0v) is 20.4. The summed E-state index contributed by atoms with van der Waals surface area (Å²) in [6.45, 7) is 3.36. The van der Waals surface area contributed by atoms with Gasteiger partial charge in [-0.25, -0.2) is 9.07 Å². The van der Waals surface area contributed by atoms with Gasteiger partial charge in [0.15, 0.2) is 5.78 Å². The summed E-state index contributed by atoms with van der Waals surface area (Å²) < 4.78 is 16.4. The molecule has 0 aliphatic carbocycles. The molecule has 0 N–H and O–H groups in total. The van der Waals surface area contributed by atoms with Crippen molar-refractivity contribution in [2.24, 2.45) is 0 Å². The first-order valence-corrected chi connectivity index (χ1v) is 12.1. The number of aromatic nitrogens is 3. The van der Waals surface area contributed by atoms with Crippen LogP contribution >= 0.6 is 0 Å². The number of hydrogen-bond acceptors (Lipinski definition) is 5. The normalized spacial score (nSPS) is 13.8. The number of carbonyl (C=O) groups excluding carboxylic acids is 2. The maximum absolute atomic E-state index is 14.6. The highest BCUT2D eigenvalue weighted by Gasteiger charge is 2.22. The standard InChI is InChI=1S/C29H26FN5O2/c1-21(36)22-9-11-27(26(30)18-22)33-14-16-34(17-15-33)28(37)12-10-24-20-35(25-7-3-2-4-8-25)32-29(24)23-6-5-13-31-19-23/h2-13,18-20H,14-17H2,1H3. The number of carbonyl (C=O) groups is 2. The molecule has 37 heavy (non-hydrogen) atoms. The topological polar surface area (TPSA) is 71.3 Å². The second kappa shape index (κ2) is 10.6. The van der Waals surface area contributed by atoms with Crippen molar-refractivity contribution in [2.75, 3.05) is 31.1 Å². The summed E-state index contributed by atoms with van der Waals surface area (Å²) in [5, 5.41) is 4.75. The van der Waals surface area contributed by atoms with E-state index in [-0.39, 0.29) is 11.7 Å². The predicted octanol–water partition coefficient (Wildman–Crippen LogP) is 4.64. The lowest BCUT2D eigenvalue weighted by Crippen LogP contribution is -2.48. The lowest BCUT2D eigenvalue weighted by molar-refractivity contribution is -0.126. The highest BCUT2D eigenvalue weighted by Crippen LogP contribution is 2.25. The first kappa shape index (κ1) is 24.1. The van der Waals surface area contributed by atoms with Crippen molar-refractivity contribution in [3.8, 4) is 16.9 Å². The Morgan fingerprint density at radius 3 is 2.43 bits per heavy atom. The van der Waals surface area contributed by atoms with Gasteiger partial charge in [0.25, 0.3) is 0 Å². The molecule has 7 nitrogen and oxygen atoms in total. The van der Waals surface area contributed by atoms with Crippen LogP contribution in [0.15, 0.2) is 85.3 Å². The summed E-state index contributed by atoms with van der Waals surface area (Å²) in [6, 6.07) is 18.1. The van der Waals surface area contributed by atoms with Crippen molar-refractivity contribution in [3.05, 3.63) is 102 Å². The summed E-state index contributed by atoms with van der Waals surface area (Å²) in [6.07, 6.45) is 8.69. The maximum Gasteiger partial charge on any atom is 0.246 e. The average Bonchev–Trinajstić information content (AvgIpc) is 3.37. The molecular weight excluding hydrogens is 469 g/mol. The maximum atomic E-state index is 14.6. The molecule has 8 heteroatoms. The number of piperazine rings is 1. The third kappa shape index (κ3) is 5.33. The summed E-state index contributed by atoms with van der Waals surface area (Å²) in [5.74, 6) is -0.712. The van der Waals surface area contributed by atoms with Crippen LogP contribution in [0.4, 0.5) is 10.1 Å². The van der Waals surface area contributed by atoms with Crippen LogP contribution in [0.3, 0.4) is 0 Å². The van der Waals surface area contributed by atoms with Gasteiger partial charge in [-0.1, -0.05) is 18.2 Å². The van der Waals surface area contributed by atoms with Crippen LogP contribution in [0, 0.1) is 5.82 Å². The molecule has 0 saturated carbocycles. The van der Waals surface area contributed by atoms with Gasteiger partial charge in [-0.15, -0.1) is 0 Å². The van der Waals surface area contributed by atoms with Crippen LogP contribution < -0.4 is 4.90 Å². The van der Waals surface area contributed by atoms with Gasteiger partial charge in [0.05, 0.1) is 11.4 Å². The van der Waals surface area contributed by atoms with Crippen LogP contribution in [0.25, 0.3) is 23.0 Å². The minimum absolute atomic E-state index is 0.114. The molecule has 0 radical (unpaired) electrons. The smallest absolute Gasteiger partial charge is 0.246 e. The van der Waals surface area contributed by atoms with Gasteiger partial charge < -0.3 is 9.80 Å². The fraction of sp³-hybridized carbons (Fsp3) is 0.172. The van der Waals surface area contributed by atoms with Crippen LogP contribution in [-0.2, 0) is 4.79 Å². The van der Waals surface area contributed by atoms with Gasteiger partial charge in [0, 0.05) is 67.5 Å². The Labute approximate surface area is 214 Å². The molecule has 0 unspecified atom stereocenters. The number of para-hydroxylation sites is 1. The molecule has 0 bridgehead atoms. The largest absolute Gasteiger partial charge is 0.366 e. The summed E-state index contributed by atoms with van der Waals surface area (Å²) in [5.41, 5.74) is 4.10. The fourth-order valence-corrected chi connectivity index (χ4v) is 4.37. The number of ketones is 1. The number of rotatable bonds is 6. The first-order valence-electron chi connectivity index (χ1n) is 12.1. The van der Waals surface area contributed by atoms with E-state index in [4.69, 9.17) is 5.10 Å². The molecule has 5 rings (SSSR count). The Morgan fingerprint density at radius 2 is 1.76 bits per heavy atom. The second-order valence-electron chi connectivity index (χ2n) is 8.82. The van der Waals surface area contributed by atoms with Gasteiger partial charge in [-0.05, 0) is 55.5 Å². The number of benzene rings is 2. The molecule has 2 aromatic heterocycles. The molecule has 2 aromatic carbocycles. The molecule has 0 atom stereocenters. The lowest BCUT2D eigenvalue weighted by Gasteiger charge is -2.35. The zero-order chi connectivity index (χ0) is 25.8. The Morgan fingerprint density at radius 1 is 0.973 bits per heavy atom. The number of halogens is 1. The first-order chi connectivity index (χ1) is 18.0. The Balaban J connectivity index is 1.30. The molecule has 0 spiro atoms. The van der Waals surface area contributed by atoms with Crippen LogP contribution in [-0.4, -0.2) is 57.5 Å². The van der Waals surface area contributed by atoms with Gasteiger partial charge in [-0.2, -0.15) is 5.10 Å². The number of hydrogen-bond donors (Lipinski definition) is 0. The molecule has 1 aliphatic rings. The molecule has 1 fully saturated rings. The van der Waals surface area contributed by atoms with E-state index in [1.54, 1.807) is 46.3 Å². The van der Waals surface area contributed by atoms with E-state index < -0.39 is 5.82 Å². The van der Waals surface area contributed by atoms with Gasteiger partial charge in [0.2, 0.25) is 5.91 Å². The highest BCUT2D eigenvalue weighted by molar-refractivity contribution is 5.94. The zero-order valence-electron chi connectivity index (χ0n) is 20.4. The van der Waals surface area contributed by atoms with Crippen molar-refractivity contribution in [3.63, 3.8) is 0 Å². The molecular formula is C29H26FN5O2. The third-order valence-corrected chi connectivity index (χ3v) is 6.39. The van der Waals surface area contributed by atoms with Crippen molar-refractivity contribution in [1.29, 1.82) is 0 Å². The van der Waals surface area contributed by atoms with E-state index in [1.807, 2.05) is 53.6 Å². The Hall–Kier alpha value is -4.59. The summed E-state index contributed by atoms with van der Waals surface area (Å²) in [7, 11) is 0. The third-order valence-electron chi connectivity index (χ3n) is 6.39. The van der Waals surface area contributed by atoms with Crippen LogP contribution in [0.2, 0.25) is 0 Å². The minimum Gasteiger partial charge on any atom is -0.366 e. The van der Waals surface area contributed by atoms with Crippen molar-refractivity contribution < 1.29 is 14.0 Å². The molecule has 186 valence electrons. The van der Waals surface area contributed by atoms with Crippen molar-refractivity contribution >= 4 is 23.5 Å². The lowest BCUT2D eigenvalue weighted by atomic mass is 10.1. The quantitative estimate of drug-likeness (QED) is 0.288. The molecule has 4 aromatic rings. The fourth-order valence-electron chi connectivity index (χ4n) is 4.37. The monoisotopic (exact) mass is 495 g/mol. The van der Waals surface area contributed by atoms with E-state index in [0.717, 1.165) is 22.5 Å². The van der Waals surface area contributed by atoms with Crippen LogP contribution in [0.5, 0.6) is 0 Å². The SMILES string of the molecule is CC(=O)c1ccc(N2CCN(C(=O)C=Cc3cn(-c4ccccc4)nc3-c3cccnc3)CC2)c(F)c1. The second-order valence-corrected chi connectivity index (χ2v) is 8.82. The molecule has 1 amide bonds. The summed E-state index contributed by atoms with van der Waals surface area (Å²) >= 11 is 0. The van der Waals surface area contributed by atoms with E-state index in [2.05, 4.69) is 4.98 Å². The van der Waals surface area contributed by atoms with E-state index in [1.165, 1.54) is 13.0 Å². The number of Topliss-reactive ketones (excluding diaryl/α,β-unsaturated/α-hetero) is 1. The number of nitrogens with zero attached hydrogens (tertiary/aromatic N) is 5. The van der Waals surface area contributed by atoms with E-state index in [0.29, 0.717) is 37.4 Å². The highest BCUT2D eigenvalue weighted by atomic mass is 19.1. The number of pyridine rings is 1. The molecule has 1 saturated heterocycles. The average molecular weight is 496 g/mol. The number of anilines is 1. The summed E-state index contributed by atoms with van der Waals surface area (Å²) in [4.78, 5) is 32.4. The number of amides is 1. The van der Waals surface area contributed by atoms with Crippen molar-refractivity contribution in [2.45, 2.75) is 6.92 Å². The van der Waals surface area contributed by atoms with E-state index in [9.17, 15) is 14.0 Å². The van der Waals surface area contributed by atoms with E-state index >= 15 is 0 Å².